The molecule has 4 rings (SSSR count). The van der Waals surface area contributed by atoms with Crippen molar-refractivity contribution in [2.45, 2.75) is 52.1 Å². The number of fused-ring (bicyclic) bond motifs is 3. The molecule has 2 aromatic heterocycles. The van der Waals surface area contributed by atoms with E-state index in [1.54, 1.807) is 29.9 Å². The third kappa shape index (κ3) is 4.82. The quantitative estimate of drug-likeness (QED) is 0.269. The fourth-order valence-corrected chi connectivity index (χ4v) is 6.48. The van der Waals surface area contributed by atoms with Crippen LogP contribution in [-0.4, -0.2) is 35.0 Å². The molecule has 0 amide bonds. The first-order valence-electron chi connectivity index (χ1n) is 11.2. The zero-order valence-electron chi connectivity index (χ0n) is 19.8. The lowest BCUT2D eigenvalue weighted by molar-refractivity contribution is -0.139. The van der Waals surface area contributed by atoms with Gasteiger partial charge in [-0.15, -0.1) is 11.3 Å². The standard InChI is InChI=1S/C25H30N2O4S2/c1-6-31-20(28)14-32-24-26-22-21(18-12-7-15(25(2,3)4)13-19(18)33-22)23(29)27(24)16-8-10-17(30-5)11-9-16/h8-11,15H,6-7,12-14H2,1-5H3/t15-/m1/s1. The van der Waals surface area contributed by atoms with Gasteiger partial charge in [-0.2, -0.15) is 0 Å². The molecule has 0 saturated carbocycles. The fraction of sp³-hybridized carbons (Fsp3) is 0.480. The van der Waals surface area contributed by atoms with Gasteiger partial charge in [-0.25, -0.2) is 4.98 Å². The van der Waals surface area contributed by atoms with E-state index in [2.05, 4.69) is 20.8 Å². The lowest BCUT2D eigenvalue weighted by Crippen LogP contribution is -2.27. The molecule has 3 aromatic rings. The molecule has 6 nitrogen and oxygen atoms in total. The van der Waals surface area contributed by atoms with Crippen LogP contribution in [0, 0.1) is 11.3 Å². The number of ether oxygens (including phenoxy) is 2. The zero-order chi connectivity index (χ0) is 23.8. The van der Waals surface area contributed by atoms with Crippen LogP contribution in [0.2, 0.25) is 0 Å². The number of esters is 1. The van der Waals surface area contributed by atoms with Crippen molar-refractivity contribution in [1.82, 2.24) is 9.55 Å². The zero-order valence-corrected chi connectivity index (χ0v) is 21.4. The molecule has 1 atom stereocenters. The summed E-state index contributed by atoms with van der Waals surface area (Å²) in [6.07, 6.45) is 2.95. The predicted molar refractivity (Wildman–Crippen MR) is 134 cm³/mol. The summed E-state index contributed by atoms with van der Waals surface area (Å²) in [6.45, 7) is 8.96. The van der Waals surface area contributed by atoms with E-state index in [0.29, 0.717) is 29.1 Å². The van der Waals surface area contributed by atoms with Crippen LogP contribution in [-0.2, 0) is 22.4 Å². The van der Waals surface area contributed by atoms with Crippen molar-refractivity contribution in [2.75, 3.05) is 19.5 Å². The minimum Gasteiger partial charge on any atom is -0.497 e. The maximum atomic E-state index is 13.9. The number of hydrogen-bond acceptors (Lipinski definition) is 7. The molecule has 0 spiro atoms. The summed E-state index contributed by atoms with van der Waals surface area (Å²) in [5.41, 5.74) is 2.00. The van der Waals surface area contributed by atoms with Crippen LogP contribution in [0.4, 0.5) is 0 Å². The summed E-state index contributed by atoms with van der Waals surface area (Å²) in [7, 11) is 1.61. The highest BCUT2D eigenvalue weighted by Gasteiger charge is 2.32. The molecule has 1 aromatic carbocycles. The summed E-state index contributed by atoms with van der Waals surface area (Å²) in [5.74, 6) is 1.07. The number of carbonyl (C=O) groups excluding carboxylic acids is 1. The topological polar surface area (TPSA) is 70.4 Å². The number of benzene rings is 1. The van der Waals surface area contributed by atoms with E-state index in [1.807, 2.05) is 24.3 Å². The Hall–Kier alpha value is -2.32. The van der Waals surface area contributed by atoms with E-state index in [1.165, 1.54) is 16.6 Å². The maximum Gasteiger partial charge on any atom is 0.316 e. The second kappa shape index (κ2) is 9.50. The normalized spacial score (nSPS) is 16.0. The molecule has 0 fully saturated rings. The lowest BCUT2D eigenvalue weighted by atomic mass is 9.72. The highest BCUT2D eigenvalue weighted by Crippen LogP contribution is 2.42. The van der Waals surface area contributed by atoms with E-state index in [4.69, 9.17) is 14.5 Å². The van der Waals surface area contributed by atoms with E-state index >= 15 is 0 Å². The smallest absolute Gasteiger partial charge is 0.316 e. The monoisotopic (exact) mass is 486 g/mol. The van der Waals surface area contributed by atoms with Gasteiger partial charge in [0.1, 0.15) is 10.6 Å². The Balaban J connectivity index is 1.83. The van der Waals surface area contributed by atoms with Gasteiger partial charge in [0.15, 0.2) is 5.16 Å². The van der Waals surface area contributed by atoms with Gasteiger partial charge in [0, 0.05) is 4.88 Å². The largest absolute Gasteiger partial charge is 0.497 e. The van der Waals surface area contributed by atoms with E-state index in [0.717, 1.165) is 35.0 Å². The van der Waals surface area contributed by atoms with Crippen molar-refractivity contribution in [3.8, 4) is 11.4 Å². The van der Waals surface area contributed by atoms with Crippen molar-refractivity contribution in [2.24, 2.45) is 11.3 Å². The number of methoxy groups -OCH3 is 1. The van der Waals surface area contributed by atoms with Crippen LogP contribution in [0.1, 0.15) is 44.6 Å². The summed E-state index contributed by atoms with van der Waals surface area (Å²) < 4.78 is 12.0. The molecule has 0 N–H and O–H groups in total. The number of aryl methyl sites for hydroxylation is 1. The number of thioether (sulfide) groups is 1. The maximum absolute atomic E-state index is 13.9. The van der Waals surface area contributed by atoms with Gasteiger partial charge in [0.05, 0.1) is 30.5 Å². The molecule has 0 unspecified atom stereocenters. The van der Waals surface area contributed by atoms with Crippen molar-refractivity contribution >= 4 is 39.3 Å². The Morgan fingerprint density at radius 3 is 2.64 bits per heavy atom. The molecule has 0 bridgehead atoms. The van der Waals surface area contributed by atoms with Crippen LogP contribution >= 0.6 is 23.1 Å². The molecule has 0 saturated heterocycles. The minimum atomic E-state index is -0.323. The summed E-state index contributed by atoms with van der Waals surface area (Å²) in [6, 6.07) is 7.33. The number of aromatic nitrogens is 2. The second-order valence-electron chi connectivity index (χ2n) is 9.32. The molecule has 1 aliphatic rings. The first kappa shape index (κ1) is 23.8. The molecule has 0 radical (unpaired) electrons. The molecule has 2 heterocycles. The lowest BCUT2D eigenvalue weighted by Gasteiger charge is -2.33. The van der Waals surface area contributed by atoms with Crippen molar-refractivity contribution in [3.63, 3.8) is 0 Å². The highest BCUT2D eigenvalue weighted by molar-refractivity contribution is 7.99. The van der Waals surface area contributed by atoms with E-state index in [9.17, 15) is 9.59 Å². The van der Waals surface area contributed by atoms with E-state index in [-0.39, 0.29) is 22.7 Å². The number of thiophene rings is 1. The van der Waals surface area contributed by atoms with Crippen molar-refractivity contribution in [3.05, 3.63) is 45.1 Å². The van der Waals surface area contributed by atoms with Gasteiger partial charge in [0.2, 0.25) is 0 Å². The first-order valence-corrected chi connectivity index (χ1v) is 13.0. The molecular formula is C25H30N2O4S2. The van der Waals surface area contributed by atoms with Crippen LogP contribution in [0.5, 0.6) is 5.75 Å². The Morgan fingerprint density at radius 1 is 1.27 bits per heavy atom. The number of hydrogen-bond donors (Lipinski definition) is 0. The molecular weight excluding hydrogens is 456 g/mol. The summed E-state index contributed by atoms with van der Waals surface area (Å²) >= 11 is 2.86. The van der Waals surface area contributed by atoms with Gasteiger partial charge >= 0.3 is 5.97 Å². The average molecular weight is 487 g/mol. The van der Waals surface area contributed by atoms with Crippen molar-refractivity contribution < 1.29 is 14.3 Å². The van der Waals surface area contributed by atoms with Gasteiger partial charge < -0.3 is 9.47 Å². The van der Waals surface area contributed by atoms with Crippen LogP contribution in [0.15, 0.2) is 34.2 Å². The van der Waals surface area contributed by atoms with Gasteiger partial charge in [0.25, 0.3) is 5.56 Å². The first-order chi connectivity index (χ1) is 15.7. The van der Waals surface area contributed by atoms with E-state index < -0.39 is 0 Å². The SMILES string of the molecule is CCOC(=O)CSc1nc2sc3c(c2c(=O)n1-c1ccc(OC)cc1)CC[C@@H](C(C)(C)C)C3. The minimum absolute atomic E-state index is 0.0803. The predicted octanol–water partition coefficient (Wildman–Crippen LogP) is 5.26. The Kier molecular flexibility index (Phi) is 6.86. The Labute approximate surface area is 202 Å². The highest BCUT2D eigenvalue weighted by atomic mass is 32.2. The van der Waals surface area contributed by atoms with Crippen LogP contribution < -0.4 is 10.3 Å². The Bertz CT molecular complexity index is 1220. The number of nitrogens with zero attached hydrogens (tertiary/aromatic N) is 2. The molecule has 8 heteroatoms. The molecule has 1 aliphatic carbocycles. The van der Waals surface area contributed by atoms with Crippen molar-refractivity contribution in [1.29, 1.82) is 0 Å². The third-order valence-corrected chi connectivity index (χ3v) is 8.29. The second-order valence-corrected chi connectivity index (χ2v) is 11.3. The van der Waals surface area contributed by atoms with Gasteiger partial charge in [-0.3, -0.25) is 14.2 Å². The van der Waals surface area contributed by atoms with Gasteiger partial charge in [-0.05, 0) is 67.3 Å². The Morgan fingerprint density at radius 2 is 2.00 bits per heavy atom. The molecule has 0 aliphatic heterocycles. The third-order valence-electron chi connectivity index (χ3n) is 6.23. The summed E-state index contributed by atoms with van der Waals surface area (Å²) in [5, 5.41) is 1.22. The molecule has 176 valence electrons. The fourth-order valence-electron chi connectivity index (χ4n) is 4.33. The van der Waals surface area contributed by atoms with Crippen LogP contribution in [0.25, 0.3) is 15.9 Å². The van der Waals surface area contributed by atoms with Gasteiger partial charge in [-0.1, -0.05) is 32.5 Å². The number of rotatable bonds is 6. The summed E-state index contributed by atoms with van der Waals surface area (Å²) in [4.78, 5) is 32.8. The number of carbonyl (C=O) groups is 1. The van der Waals surface area contributed by atoms with Crippen LogP contribution in [0.3, 0.4) is 0 Å². The molecule has 33 heavy (non-hydrogen) atoms. The average Bonchev–Trinajstić information content (AvgIpc) is 3.15.